The Balaban J connectivity index is 0.00000137. The number of benzene rings is 1. The smallest absolute Gasteiger partial charge is 0.163 e. The molecule has 0 spiro atoms. The fourth-order valence-corrected chi connectivity index (χ4v) is 1.76. The van der Waals surface area contributed by atoms with Crippen molar-refractivity contribution in [1.29, 1.82) is 0 Å². The van der Waals surface area contributed by atoms with Crippen molar-refractivity contribution in [2.24, 2.45) is 0 Å². The number of ketones is 2. The highest BCUT2D eigenvalue weighted by atomic mass is 35.5. The molecular formula is C14H18Cl2O2. The number of carbonyl (C=O) groups excluding carboxylic acids is 2. The quantitative estimate of drug-likeness (QED) is 0.713. The van der Waals surface area contributed by atoms with Gasteiger partial charge in [-0.15, -0.1) is 0 Å². The number of hydrogen-bond acceptors (Lipinski definition) is 2. The van der Waals surface area contributed by atoms with Crippen LogP contribution in [0.3, 0.4) is 0 Å². The molecule has 0 aliphatic heterocycles. The molecule has 0 radical (unpaired) electrons. The van der Waals surface area contributed by atoms with Crippen molar-refractivity contribution in [3.63, 3.8) is 0 Å². The van der Waals surface area contributed by atoms with E-state index >= 15 is 0 Å². The first kappa shape index (κ1) is 17.1. The van der Waals surface area contributed by atoms with Crippen LogP contribution in [0.2, 0.25) is 10.0 Å². The molecule has 1 rings (SSSR count). The van der Waals surface area contributed by atoms with Crippen LogP contribution in [0.15, 0.2) is 12.1 Å². The molecule has 0 atom stereocenters. The van der Waals surface area contributed by atoms with E-state index in [1.807, 2.05) is 20.8 Å². The van der Waals surface area contributed by atoms with Gasteiger partial charge in [0, 0.05) is 17.5 Å². The summed E-state index contributed by atoms with van der Waals surface area (Å²) in [5.41, 5.74) is 0.705. The van der Waals surface area contributed by atoms with Gasteiger partial charge in [-0.3, -0.25) is 9.59 Å². The lowest BCUT2D eigenvalue weighted by Gasteiger charge is -2.07. The van der Waals surface area contributed by atoms with Crippen molar-refractivity contribution in [1.82, 2.24) is 0 Å². The Hall–Kier alpha value is -0.860. The highest BCUT2D eigenvalue weighted by Crippen LogP contribution is 2.27. The molecule has 0 aliphatic carbocycles. The zero-order valence-electron chi connectivity index (χ0n) is 11.1. The van der Waals surface area contributed by atoms with Crippen LogP contribution in [0.5, 0.6) is 0 Å². The minimum absolute atomic E-state index is 0.0775. The van der Waals surface area contributed by atoms with E-state index in [9.17, 15) is 9.59 Å². The number of Topliss-reactive ketones (excluding diaryl/α,β-unsaturated/α-hetero) is 2. The second-order valence-corrected chi connectivity index (χ2v) is 4.36. The molecule has 0 saturated carbocycles. The van der Waals surface area contributed by atoms with Gasteiger partial charge >= 0.3 is 0 Å². The predicted octanol–water partition coefficient (Wildman–Crippen LogP) is 5.21. The summed E-state index contributed by atoms with van der Waals surface area (Å²) in [5.74, 6) is -0.260. The third-order valence-corrected chi connectivity index (χ3v) is 2.94. The monoisotopic (exact) mass is 288 g/mol. The summed E-state index contributed by atoms with van der Waals surface area (Å²) in [4.78, 5) is 23.2. The number of rotatable bonds is 4. The van der Waals surface area contributed by atoms with E-state index in [4.69, 9.17) is 23.2 Å². The van der Waals surface area contributed by atoms with E-state index in [1.54, 1.807) is 0 Å². The van der Waals surface area contributed by atoms with Crippen LogP contribution in [0.1, 0.15) is 61.3 Å². The largest absolute Gasteiger partial charge is 0.294 e. The van der Waals surface area contributed by atoms with Crippen molar-refractivity contribution in [3.8, 4) is 0 Å². The highest BCUT2D eigenvalue weighted by molar-refractivity contribution is 6.42. The Labute approximate surface area is 118 Å². The van der Waals surface area contributed by atoms with Crippen LogP contribution in [0.4, 0.5) is 0 Å². The van der Waals surface area contributed by atoms with Crippen molar-refractivity contribution < 1.29 is 9.59 Å². The summed E-state index contributed by atoms with van der Waals surface area (Å²) in [6.07, 6.45) is 1.13. The number of hydrogen-bond donors (Lipinski definition) is 0. The zero-order chi connectivity index (χ0) is 14.3. The van der Waals surface area contributed by atoms with E-state index in [0.717, 1.165) is 6.42 Å². The second kappa shape index (κ2) is 8.28. The number of carbonyl (C=O) groups is 2. The fourth-order valence-electron chi connectivity index (χ4n) is 1.43. The molecule has 0 heterocycles. The number of halogens is 2. The summed E-state index contributed by atoms with van der Waals surface area (Å²) >= 11 is 11.7. The van der Waals surface area contributed by atoms with Gasteiger partial charge in [0.25, 0.3) is 0 Å². The first-order chi connectivity index (χ1) is 8.47. The van der Waals surface area contributed by atoms with Gasteiger partial charge in [-0.1, -0.05) is 44.0 Å². The Morgan fingerprint density at radius 3 is 1.89 bits per heavy atom. The van der Waals surface area contributed by atoms with Gasteiger partial charge in [-0.05, 0) is 25.5 Å². The predicted molar refractivity (Wildman–Crippen MR) is 77.1 cm³/mol. The summed E-state index contributed by atoms with van der Waals surface area (Å²) < 4.78 is 0. The first-order valence-corrected chi connectivity index (χ1v) is 6.76. The Kier molecular flexibility index (Phi) is 7.88. The molecular weight excluding hydrogens is 271 g/mol. The average molecular weight is 289 g/mol. The van der Waals surface area contributed by atoms with Gasteiger partial charge in [0.2, 0.25) is 0 Å². The van der Waals surface area contributed by atoms with Gasteiger partial charge in [0.15, 0.2) is 11.6 Å². The SMILES string of the molecule is CC.CCCC(=O)c1cc(Cl)c(Cl)cc1C(C)=O. The molecule has 0 saturated heterocycles. The van der Waals surface area contributed by atoms with E-state index in [-0.39, 0.29) is 11.6 Å². The summed E-state index contributed by atoms with van der Waals surface area (Å²) in [6.45, 7) is 7.31. The first-order valence-electron chi connectivity index (χ1n) is 6.00. The molecule has 100 valence electrons. The maximum atomic E-state index is 11.8. The van der Waals surface area contributed by atoms with Crippen LogP contribution in [-0.4, -0.2) is 11.6 Å². The lowest BCUT2D eigenvalue weighted by molar-refractivity contribution is 0.0961. The molecule has 0 aliphatic rings. The van der Waals surface area contributed by atoms with Crippen LogP contribution in [-0.2, 0) is 0 Å². The molecule has 0 bridgehead atoms. The van der Waals surface area contributed by atoms with Gasteiger partial charge in [0.05, 0.1) is 10.0 Å². The normalized spacial score (nSPS) is 9.44. The Morgan fingerprint density at radius 1 is 1.06 bits per heavy atom. The molecule has 4 heteroatoms. The van der Waals surface area contributed by atoms with Crippen LogP contribution in [0.25, 0.3) is 0 Å². The second-order valence-electron chi connectivity index (χ2n) is 3.54. The van der Waals surface area contributed by atoms with Crippen LogP contribution >= 0.6 is 23.2 Å². The summed E-state index contributed by atoms with van der Waals surface area (Å²) in [6, 6.07) is 2.92. The summed E-state index contributed by atoms with van der Waals surface area (Å²) in [7, 11) is 0. The third kappa shape index (κ3) is 4.43. The van der Waals surface area contributed by atoms with Crippen molar-refractivity contribution >= 4 is 34.8 Å². The molecule has 1 aromatic carbocycles. The summed E-state index contributed by atoms with van der Waals surface area (Å²) in [5, 5.41) is 0.589. The molecule has 0 amide bonds. The van der Waals surface area contributed by atoms with Crippen molar-refractivity contribution in [2.75, 3.05) is 0 Å². The molecule has 2 nitrogen and oxygen atoms in total. The molecule has 1 aromatic rings. The van der Waals surface area contributed by atoms with E-state index in [0.29, 0.717) is 27.6 Å². The Bertz CT molecular complexity index is 440. The maximum absolute atomic E-state index is 11.8. The lowest BCUT2D eigenvalue weighted by Crippen LogP contribution is -2.07. The van der Waals surface area contributed by atoms with Gasteiger partial charge in [0.1, 0.15) is 0 Å². The minimum atomic E-state index is -0.182. The topological polar surface area (TPSA) is 34.1 Å². The van der Waals surface area contributed by atoms with Gasteiger partial charge in [-0.2, -0.15) is 0 Å². The molecule has 0 unspecified atom stereocenters. The third-order valence-electron chi connectivity index (χ3n) is 2.22. The highest BCUT2D eigenvalue weighted by Gasteiger charge is 2.16. The van der Waals surface area contributed by atoms with Crippen LogP contribution < -0.4 is 0 Å². The standard InChI is InChI=1S/C12H12Cl2O2.C2H6/c1-3-4-12(16)9-6-11(14)10(13)5-8(9)7(2)15;1-2/h5-6H,3-4H2,1-2H3;1-2H3. The molecule has 0 aromatic heterocycles. The van der Waals surface area contributed by atoms with E-state index in [2.05, 4.69) is 0 Å². The van der Waals surface area contributed by atoms with Gasteiger partial charge < -0.3 is 0 Å². The van der Waals surface area contributed by atoms with Crippen molar-refractivity contribution in [2.45, 2.75) is 40.5 Å². The fraction of sp³-hybridized carbons (Fsp3) is 0.429. The molecule has 18 heavy (non-hydrogen) atoms. The Morgan fingerprint density at radius 2 is 1.50 bits per heavy atom. The van der Waals surface area contributed by atoms with Crippen LogP contribution in [0, 0.1) is 0 Å². The average Bonchev–Trinajstić information content (AvgIpc) is 2.34. The lowest BCUT2D eigenvalue weighted by atomic mass is 9.98. The van der Waals surface area contributed by atoms with Crippen molar-refractivity contribution in [3.05, 3.63) is 33.3 Å². The van der Waals surface area contributed by atoms with Gasteiger partial charge in [-0.25, -0.2) is 0 Å². The molecule has 0 N–H and O–H groups in total. The maximum Gasteiger partial charge on any atom is 0.163 e. The van der Waals surface area contributed by atoms with E-state index in [1.165, 1.54) is 19.1 Å². The molecule has 0 fully saturated rings. The zero-order valence-corrected chi connectivity index (χ0v) is 12.7. The van der Waals surface area contributed by atoms with E-state index < -0.39 is 0 Å². The minimum Gasteiger partial charge on any atom is -0.294 e.